The highest BCUT2D eigenvalue weighted by molar-refractivity contribution is 7.87. The van der Waals surface area contributed by atoms with E-state index in [0.717, 1.165) is 24.0 Å². The Morgan fingerprint density at radius 2 is 1.70 bits per heavy atom. The van der Waals surface area contributed by atoms with Crippen molar-refractivity contribution < 1.29 is 44.8 Å². The van der Waals surface area contributed by atoms with Crippen LogP contribution in [-0.4, -0.2) is 50.1 Å². The largest absolute Gasteiger partial charge is 0.523 e. The zero-order valence-corrected chi connectivity index (χ0v) is 28.5. The van der Waals surface area contributed by atoms with Crippen molar-refractivity contribution in [3.8, 4) is 12.8 Å². The van der Waals surface area contributed by atoms with Crippen LogP contribution in [0.2, 0.25) is 0 Å². The third-order valence-corrected chi connectivity index (χ3v) is 10.8. The molecule has 7 nitrogen and oxygen atoms in total. The van der Waals surface area contributed by atoms with Crippen molar-refractivity contribution >= 4 is 21.9 Å². The van der Waals surface area contributed by atoms with Gasteiger partial charge >= 0.3 is 21.6 Å². The fourth-order valence-corrected chi connectivity index (χ4v) is 8.39. The summed E-state index contributed by atoms with van der Waals surface area (Å²) in [6.45, 7) is 21.1. The van der Waals surface area contributed by atoms with Gasteiger partial charge in [0.15, 0.2) is 5.60 Å². The zero-order chi connectivity index (χ0) is 34.5. The molecule has 7 atom stereocenters. The first-order valence-electron chi connectivity index (χ1n) is 15.5. The first-order valence-corrected chi connectivity index (χ1v) is 16.9. The molecule has 0 aromatic carbocycles. The van der Waals surface area contributed by atoms with E-state index in [0.29, 0.717) is 6.42 Å². The number of rotatable bonds is 6. The highest BCUT2D eigenvalue weighted by Gasteiger charge is 2.73. The Labute approximate surface area is 262 Å². The van der Waals surface area contributed by atoms with Crippen LogP contribution in [0.15, 0.2) is 23.8 Å². The van der Waals surface area contributed by atoms with Gasteiger partial charge in [-0.15, -0.1) is 19.4 Å². The number of ketones is 1. The van der Waals surface area contributed by atoms with E-state index in [1.807, 2.05) is 34.6 Å². The second kappa shape index (κ2) is 15.0. The molecule has 252 valence electrons. The number of ether oxygens (including phenoxy) is 2. The molecular weight excluding hydrogens is 597 g/mol. The number of hydrogen-bond acceptors (Lipinski definition) is 7. The van der Waals surface area contributed by atoms with Gasteiger partial charge in [-0.25, -0.2) is 0 Å². The average Bonchev–Trinajstić information content (AvgIpc) is 2.97. The van der Waals surface area contributed by atoms with Crippen LogP contribution in [0.4, 0.5) is 13.2 Å². The summed E-state index contributed by atoms with van der Waals surface area (Å²) in [5.41, 5.74) is -7.07. The molecule has 4 rings (SSSR count). The maximum atomic E-state index is 14.7. The number of Topliss-reactive ketones (excluding diaryl/α,β-unsaturated/α-hetero) is 1. The predicted molar refractivity (Wildman–Crippen MR) is 165 cm³/mol. The SMILES string of the molecule is C#C.C=CC[C@H]1C(=O)[C@@]2(C)C(C[C@@H]3CCC(C)=C1C3(C)C)[C@]1(OC(=O)CC)CO[C@@H]1C[C@@H]2OS(=O)(=O)C(F)(F)F.CC.CC. The van der Waals surface area contributed by atoms with E-state index in [2.05, 4.69) is 33.3 Å². The number of terminal acetylenes is 1. The first kappa shape index (κ1) is 39.9. The fraction of sp³-hybridized carbons (Fsp3) is 0.758. The van der Waals surface area contributed by atoms with Crippen molar-refractivity contribution in [1.29, 1.82) is 0 Å². The third-order valence-electron chi connectivity index (χ3n) is 9.75. The van der Waals surface area contributed by atoms with Crippen molar-refractivity contribution in [2.24, 2.45) is 28.6 Å². The summed E-state index contributed by atoms with van der Waals surface area (Å²) in [7, 11) is -6.02. The molecule has 1 aliphatic heterocycles. The number of allylic oxidation sites excluding steroid dienone is 3. The molecule has 0 aromatic rings. The lowest BCUT2D eigenvalue weighted by atomic mass is 9.46. The highest BCUT2D eigenvalue weighted by Crippen LogP contribution is 2.64. The van der Waals surface area contributed by atoms with Crippen LogP contribution < -0.4 is 0 Å². The van der Waals surface area contributed by atoms with Gasteiger partial charge < -0.3 is 9.47 Å². The van der Waals surface area contributed by atoms with Crippen molar-refractivity contribution in [3.05, 3.63) is 23.8 Å². The molecule has 2 bridgehead atoms. The Kier molecular flexibility index (Phi) is 13.5. The summed E-state index contributed by atoms with van der Waals surface area (Å²) < 4.78 is 81.5. The number of alkyl halides is 3. The number of hydrogen-bond donors (Lipinski definition) is 0. The minimum absolute atomic E-state index is 0.00219. The summed E-state index contributed by atoms with van der Waals surface area (Å²) in [5, 5.41) is 0. The molecule has 1 saturated heterocycles. The third kappa shape index (κ3) is 6.68. The number of carbonyl (C=O) groups is 2. The topological polar surface area (TPSA) is 96.0 Å². The molecule has 1 heterocycles. The summed E-state index contributed by atoms with van der Waals surface area (Å²) in [6.07, 6.45) is 8.91. The fourth-order valence-electron chi connectivity index (χ4n) is 7.70. The summed E-state index contributed by atoms with van der Waals surface area (Å²) in [5.74, 6) is -2.46. The van der Waals surface area contributed by atoms with E-state index >= 15 is 0 Å². The lowest BCUT2D eigenvalue weighted by Gasteiger charge is -2.65. The summed E-state index contributed by atoms with van der Waals surface area (Å²) >= 11 is 0. The molecule has 2 saturated carbocycles. The van der Waals surface area contributed by atoms with E-state index in [-0.39, 0.29) is 31.8 Å². The Morgan fingerprint density at radius 3 is 2.16 bits per heavy atom. The predicted octanol–water partition coefficient (Wildman–Crippen LogP) is 7.56. The molecule has 11 heteroatoms. The minimum atomic E-state index is -6.02. The van der Waals surface area contributed by atoms with E-state index in [1.165, 1.54) is 6.92 Å². The lowest BCUT2D eigenvalue weighted by molar-refractivity contribution is -0.320. The van der Waals surface area contributed by atoms with Crippen molar-refractivity contribution in [1.82, 2.24) is 0 Å². The average molecular weight is 649 g/mol. The van der Waals surface area contributed by atoms with E-state index < -0.39 is 67.9 Å². The van der Waals surface area contributed by atoms with Gasteiger partial charge in [-0.05, 0) is 50.9 Å². The monoisotopic (exact) mass is 648 g/mol. The summed E-state index contributed by atoms with van der Waals surface area (Å²) in [4.78, 5) is 27.3. The summed E-state index contributed by atoms with van der Waals surface area (Å²) in [6, 6.07) is 0. The van der Waals surface area contributed by atoms with Crippen molar-refractivity contribution in [2.75, 3.05) is 6.61 Å². The number of carbonyl (C=O) groups excluding carboxylic acids is 2. The minimum Gasteiger partial charge on any atom is -0.453 e. The Bertz CT molecular complexity index is 1200. The van der Waals surface area contributed by atoms with E-state index in [9.17, 15) is 31.2 Å². The molecule has 0 spiro atoms. The standard InChI is InChI=1S/C27H37F3O7S.2C2H6.C2H2/c1-7-9-17-22-15(3)10-11-16(24(22,4)5)12-18-25(6,23(17)32)19(37-38(33,34)27(28,29)30)13-20-26(18,14-35-20)36-21(31)8-2;3*1-2/h7,16-20H,1,8-14H2,2-6H3;2*1-2H3;1-2H/t16-,17+,18?,19-,20+,25-,26+;;;/m0.../s1. The quantitative estimate of drug-likeness (QED) is 0.0965. The van der Waals surface area contributed by atoms with Gasteiger partial charge in [-0.1, -0.05) is 65.7 Å². The van der Waals surface area contributed by atoms with Crippen LogP contribution in [0.5, 0.6) is 0 Å². The smallest absolute Gasteiger partial charge is 0.453 e. The zero-order valence-electron chi connectivity index (χ0n) is 27.7. The van der Waals surface area contributed by atoms with Crippen LogP contribution in [-0.2, 0) is 33.4 Å². The van der Waals surface area contributed by atoms with Crippen molar-refractivity contribution in [3.63, 3.8) is 0 Å². The number of halogens is 3. The van der Waals surface area contributed by atoms with Gasteiger partial charge in [0.25, 0.3) is 0 Å². The molecule has 0 aromatic heterocycles. The molecule has 0 N–H and O–H groups in total. The van der Waals surface area contributed by atoms with Gasteiger partial charge in [-0.3, -0.25) is 13.8 Å². The number of fused-ring (bicyclic) bond motifs is 5. The molecule has 4 aliphatic rings. The molecule has 1 unspecified atom stereocenters. The van der Waals surface area contributed by atoms with Gasteiger partial charge in [0, 0.05) is 24.7 Å². The molecule has 0 radical (unpaired) electrons. The van der Waals surface area contributed by atoms with Gasteiger partial charge in [0.05, 0.1) is 18.1 Å². The molecule has 3 fully saturated rings. The number of esters is 1. The second-order valence-electron chi connectivity index (χ2n) is 12.0. The van der Waals surface area contributed by atoms with Crippen LogP contribution in [0.1, 0.15) is 101 Å². The van der Waals surface area contributed by atoms with Gasteiger partial charge in [0.2, 0.25) is 0 Å². The molecule has 44 heavy (non-hydrogen) atoms. The van der Waals surface area contributed by atoms with Crippen LogP contribution in [0.25, 0.3) is 0 Å². The van der Waals surface area contributed by atoms with Crippen LogP contribution in [0, 0.1) is 41.4 Å². The van der Waals surface area contributed by atoms with Crippen molar-refractivity contribution in [2.45, 2.75) is 124 Å². The van der Waals surface area contributed by atoms with Crippen LogP contribution in [0.3, 0.4) is 0 Å². The maximum Gasteiger partial charge on any atom is 0.523 e. The first-order chi connectivity index (χ1) is 20.5. The Hall–Kier alpha value is -2.16. The van der Waals surface area contributed by atoms with Gasteiger partial charge in [-0.2, -0.15) is 21.6 Å². The van der Waals surface area contributed by atoms with Crippen LogP contribution >= 0.6 is 0 Å². The van der Waals surface area contributed by atoms with E-state index in [1.54, 1.807) is 13.0 Å². The van der Waals surface area contributed by atoms with E-state index in [4.69, 9.17) is 13.7 Å². The second-order valence-corrected chi connectivity index (χ2v) is 13.5. The Morgan fingerprint density at radius 1 is 1.14 bits per heavy atom. The lowest BCUT2D eigenvalue weighted by Crippen LogP contribution is -2.76. The Balaban J connectivity index is 0.00000152. The molecule has 0 amide bonds. The normalized spacial score (nSPS) is 33.8. The van der Waals surface area contributed by atoms with Gasteiger partial charge in [0.1, 0.15) is 11.9 Å². The molecule has 3 aliphatic carbocycles. The maximum absolute atomic E-state index is 14.7. The highest BCUT2D eigenvalue weighted by atomic mass is 32.2. The molecular formula is C33H51F3O7S.